The van der Waals surface area contributed by atoms with Gasteiger partial charge in [0.25, 0.3) is 5.91 Å². The van der Waals surface area contributed by atoms with Crippen LogP contribution < -0.4 is 5.32 Å². The van der Waals surface area contributed by atoms with E-state index in [0.29, 0.717) is 12.1 Å². The number of carbonyl (C=O) groups excluding carboxylic acids is 1. The first kappa shape index (κ1) is 19.4. The third-order valence-corrected chi connectivity index (χ3v) is 4.51. The van der Waals surface area contributed by atoms with Crippen molar-refractivity contribution in [2.24, 2.45) is 0 Å². The maximum absolute atomic E-state index is 12.6. The molecule has 144 valence electrons. The summed E-state index contributed by atoms with van der Waals surface area (Å²) in [6.07, 6.45) is 0.230. The number of amides is 1. The SMILES string of the molecule is Cc1cc(C)n(Cc2cccc(C(=O)N[C@@H](Cc3ccccc3)C(=O)O)c2)n1. The zero-order valence-corrected chi connectivity index (χ0v) is 15.9. The molecule has 3 aromatic rings. The number of hydrogen-bond donors (Lipinski definition) is 2. The van der Waals surface area contributed by atoms with Crippen molar-refractivity contribution in [3.05, 3.63) is 88.7 Å². The molecule has 0 radical (unpaired) electrons. The number of carboxylic acids is 1. The maximum Gasteiger partial charge on any atom is 0.326 e. The molecule has 2 aromatic carbocycles. The molecule has 2 N–H and O–H groups in total. The predicted octanol–water partition coefficient (Wildman–Crippen LogP) is 2.97. The average molecular weight is 377 g/mol. The highest BCUT2D eigenvalue weighted by atomic mass is 16.4. The fraction of sp³-hybridized carbons (Fsp3) is 0.227. The Morgan fingerprint density at radius 3 is 2.39 bits per heavy atom. The van der Waals surface area contributed by atoms with Crippen LogP contribution in [0.5, 0.6) is 0 Å². The second kappa shape index (κ2) is 8.52. The second-order valence-electron chi connectivity index (χ2n) is 6.84. The summed E-state index contributed by atoms with van der Waals surface area (Å²) in [4.78, 5) is 24.2. The van der Waals surface area contributed by atoms with Gasteiger partial charge >= 0.3 is 5.97 Å². The van der Waals surface area contributed by atoms with E-state index in [2.05, 4.69) is 10.4 Å². The van der Waals surface area contributed by atoms with Crippen molar-refractivity contribution in [2.75, 3.05) is 0 Å². The number of aryl methyl sites for hydroxylation is 2. The van der Waals surface area contributed by atoms with E-state index < -0.39 is 17.9 Å². The van der Waals surface area contributed by atoms with Crippen LogP contribution in [0.15, 0.2) is 60.7 Å². The van der Waals surface area contributed by atoms with Crippen molar-refractivity contribution in [2.45, 2.75) is 32.9 Å². The minimum atomic E-state index is -1.06. The standard InChI is InChI=1S/C22H23N3O3/c1-15-11-16(2)25(24-15)14-18-9-6-10-19(12-18)21(26)23-20(22(27)28)13-17-7-4-3-5-8-17/h3-12,20H,13-14H2,1-2H3,(H,23,26)(H,27,28)/t20-/m0/s1. The summed E-state index contributed by atoms with van der Waals surface area (Å²) in [5.41, 5.74) is 4.19. The quantitative estimate of drug-likeness (QED) is 0.663. The Morgan fingerprint density at radius 2 is 1.75 bits per heavy atom. The molecular formula is C22H23N3O3. The first-order chi connectivity index (χ1) is 13.4. The molecule has 0 saturated heterocycles. The van der Waals surface area contributed by atoms with E-state index in [0.717, 1.165) is 22.5 Å². The topological polar surface area (TPSA) is 84.2 Å². The van der Waals surface area contributed by atoms with Crippen LogP contribution in [-0.4, -0.2) is 32.8 Å². The van der Waals surface area contributed by atoms with Gasteiger partial charge in [-0.3, -0.25) is 9.48 Å². The van der Waals surface area contributed by atoms with E-state index >= 15 is 0 Å². The van der Waals surface area contributed by atoms with Crippen LogP contribution in [0.25, 0.3) is 0 Å². The number of nitrogens with zero attached hydrogens (tertiary/aromatic N) is 2. The van der Waals surface area contributed by atoms with E-state index in [9.17, 15) is 14.7 Å². The van der Waals surface area contributed by atoms with Crippen molar-refractivity contribution in [3.63, 3.8) is 0 Å². The Bertz CT molecular complexity index is 980. The van der Waals surface area contributed by atoms with Gasteiger partial charge in [-0.05, 0) is 43.2 Å². The minimum absolute atomic E-state index is 0.230. The van der Waals surface area contributed by atoms with Gasteiger partial charge in [-0.1, -0.05) is 42.5 Å². The summed E-state index contributed by atoms with van der Waals surface area (Å²) in [7, 11) is 0. The largest absolute Gasteiger partial charge is 0.480 e. The normalized spacial score (nSPS) is 11.8. The highest BCUT2D eigenvalue weighted by Crippen LogP contribution is 2.11. The van der Waals surface area contributed by atoms with Crippen LogP contribution in [0.4, 0.5) is 0 Å². The number of rotatable bonds is 7. The number of benzene rings is 2. The Balaban J connectivity index is 1.72. The van der Waals surface area contributed by atoms with Crippen LogP contribution in [0.1, 0.15) is 32.9 Å². The monoisotopic (exact) mass is 377 g/mol. The molecule has 6 nitrogen and oxygen atoms in total. The van der Waals surface area contributed by atoms with Gasteiger partial charge < -0.3 is 10.4 Å². The first-order valence-electron chi connectivity index (χ1n) is 9.10. The Kier molecular flexibility index (Phi) is 5.89. The lowest BCUT2D eigenvalue weighted by Crippen LogP contribution is -2.42. The molecule has 0 aliphatic heterocycles. The molecule has 0 bridgehead atoms. The van der Waals surface area contributed by atoms with Crippen LogP contribution in [0.3, 0.4) is 0 Å². The average Bonchev–Trinajstić information content (AvgIpc) is 2.99. The summed E-state index contributed by atoms with van der Waals surface area (Å²) in [6.45, 7) is 4.47. The molecular weight excluding hydrogens is 354 g/mol. The molecule has 0 spiro atoms. The molecule has 0 aliphatic carbocycles. The Labute approximate surface area is 163 Å². The molecule has 0 fully saturated rings. The molecule has 1 atom stereocenters. The fourth-order valence-corrected chi connectivity index (χ4v) is 3.11. The van der Waals surface area contributed by atoms with E-state index in [1.165, 1.54) is 0 Å². The lowest BCUT2D eigenvalue weighted by atomic mass is 10.0. The molecule has 1 aromatic heterocycles. The molecule has 1 heterocycles. The number of carbonyl (C=O) groups is 2. The van der Waals surface area contributed by atoms with E-state index in [1.807, 2.05) is 61.0 Å². The molecule has 0 aliphatic rings. The van der Waals surface area contributed by atoms with E-state index in [1.54, 1.807) is 18.2 Å². The predicted molar refractivity (Wildman–Crippen MR) is 106 cm³/mol. The van der Waals surface area contributed by atoms with Gasteiger partial charge in [0, 0.05) is 17.7 Å². The van der Waals surface area contributed by atoms with Crippen LogP contribution >= 0.6 is 0 Å². The molecule has 1 amide bonds. The number of aliphatic carboxylic acids is 1. The van der Waals surface area contributed by atoms with Gasteiger partial charge in [0.05, 0.1) is 12.2 Å². The lowest BCUT2D eigenvalue weighted by molar-refractivity contribution is -0.139. The highest BCUT2D eigenvalue weighted by Gasteiger charge is 2.21. The fourth-order valence-electron chi connectivity index (χ4n) is 3.11. The summed E-state index contributed by atoms with van der Waals surface area (Å²) in [6, 6.07) is 17.4. The first-order valence-corrected chi connectivity index (χ1v) is 9.10. The minimum Gasteiger partial charge on any atom is -0.480 e. The van der Waals surface area contributed by atoms with Crippen LogP contribution in [0.2, 0.25) is 0 Å². The molecule has 28 heavy (non-hydrogen) atoms. The maximum atomic E-state index is 12.6. The van der Waals surface area contributed by atoms with Gasteiger partial charge in [0.1, 0.15) is 6.04 Å². The summed E-state index contributed by atoms with van der Waals surface area (Å²) < 4.78 is 1.88. The molecule has 0 saturated carbocycles. The van der Waals surface area contributed by atoms with Crippen molar-refractivity contribution in [3.8, 4) is 0 Å². The number of aromatic nitrogens is 2. The highest BCUT2D eigenvalue weighted by molar-refractivity contribution is 5.96. The van der Waals surface area contributed by atoms with Crippen molar-refractivity contribution < 1.29 is 14.7 Å². The van der Waals surface area contributed by atoms with Gasteiger partial charge in [0.2, 0.25) is 0 Å². The van der Waals surface area contributed by atoms with Gasteiger partial charge in [0.15, 0.2) is 0 Å². The van der Waals surface area contributed by atoms with Crippen LogP contribution in [0, 0.1) is 13.8 Å². The van der Waals surface area contributed by atoms with Crippen molar-refractivity contribution >= 4 is 11.9 Å². The third-order valence-electron chi connectivity index (χ3n) is 4.51. The van der Waals surface area contributed by atoms with Crippen LogP contribution in [-0.2, 0) is 17.8 Å². The molecule has 0 unspecified atom stereocenters. The van der Waals surface area contributed by atoms with E-state index in [-0.39, 0.29) is 6.42 Å². The summed E-state index contributed by atoms with van der Waals surface area (Å²) >= 11 is 0. The van der Waals surface area contributed by atoms with Gasteiger partial charge in [-0.2, -0.15) is 5.10 Å². The summed E-state index contributed by atoms with van der Waals surface area (Å²) in [5.74, 6) is -1.46. The second-order valence-corrected chi connectivity index (χ2v) is 6.84. The molecule has 3 rings (SSSR count). The molecule has 6 heteroatoms. The Morgan fingerprint density at radius 1 is 1.04 bits per heavy atom. The third kappa shape index (κ3) is 4.85. The lowest BCUT2D eigenvalue weighted by Gasteiger charge is -2.15. The smallest absolute Gasteiger partial charge is 0.326 e. The zero-order chi connectivity index (χ0) is 20.1. The number of carboxylic acid groups (broad SMARTS) is 1. The number of hydrogen-bond acceptors (Lipinski definition) is 3. The van der Waals surface area contributed by atoms with Crippen molar-refractivity contribution in [1.29, 1.82) is 0 Å². The Hall–Kier alpha value is -3.41. The zero-order valence-electron chi connectivity index (χ0n) is 15.9. The summed E-state index contributed by atoms with van der Waals surface area (Å²) in [5, 5.41) is 16.6. The van der Waals surface area contributed by atoms with Gasteiger partial charge in [-0.25, -0.2) is 4.79 Å². The van der Waals surface area contributed by atoms with Gasteiger partial charge in [-0.15, -0.1) is 0 Å². The van der Waals surface area contributed by atoms with E-state index in [4.69, 9.17) is 0 Å². The number of nitrogens with one attached hydrogen (secondary N) is 1. The van der Waals surface area contributed by atoms with Crippen molar-refractivity contribution in [1.82, 2.24) is 15.1 Å².